The molecule has 0 saturated carbocycles. The molecule has 1 aliphatic heterocycles. The number of methoxy groups -OCH3 is 2. The number of hydrogen-bond donors (Lipinski definition) is 0. The van der Waals surface area contributed by atoms with Crippen molar-refractivity contribution in [2.75, 3.05) is 20.8 Å². The van der Waals surface area contributed by atoms with Gasteiger partial charge in [-0.2, -0.15) is 0 Å². The van der Waals surface area contributed by atoms with Crippen LogP contribution in [0.1, 0.15) is 35.2 Å². The van der Waals surface area contributed by atoms with Gasteiger partial charge in [-0.3, -0.25) is 9.36 Å². The highest BCUT2D eigenvalue weighted by Crippen LogP contribution is 2.38. The predicted octanol–water partition coefficient (Wildman–Crippen LogP) is 7.26. The molecule has 0 spiro atoms. The van der Waals surface area contributed by atoms with Gasteiger partial charge < -0.3 is 18.8 Å². The molecule has 7 rings (SSSR count). The number of rotatable bonds is 9. The van der Waals surface area contributed by atoms with E-state index in [-0.39, 0.29) is 17.7 Å². The van der Waals surface area contributed by atoms with E-state index in [1.165, 1.54) is 11.3 Å². The lowest BCUT2D eigenvalue weighted by Gasteiger charge is -2.26. The zero-order chi connectivity index (χ0) is 34.9. The van der Waals surface area contributed by atoms with Gasteiger partial charge in [0.1, 0.15) is 0 Å². The average Bonchev–Trinajstić information content (AvgIpc) is 3.64. The Morgan fingerprint density at radius 1 is 0.920 bits per heavy atom. The van der Waals surface area contributed by atoms with Crippen molar-refractivity contribution >= 4 is 63.2 Å². The molecular weight excluding hydrogens is 693 g/mol. The molecule has 0 saturated heterocycles. The largest absolute Gasteiger partial charge is 0.493 e. The second kappa shape index (κ2) is 14.0. The van der Waals surface area contributed by atoms with E-state index in [4.69, 9.17) is 42.4 Å². The summed E-state index contributed by atoms with van der Waals surface area (Å²) in [6.07, 6.45) is 3.91. The molecule has 11 heteroatoms. The van der Waals surface area contributed by atoms with Gasteiger partial charge in [0.15, 0.2) is 16.3 Å². The Morgan fingerprint density at radius 3 is 2.42 bits per heavy atom. The third-order valence-electron chi connectivity index (χ3n) is 8.54. The second-order valence-corrected chi connectivity index (χ2v) is 13.3. The van der Waals surface area contributed by atoms with Crippen molar-refractivity contribution in [3.05, 3.63) is 155 Å². The summed E-state index contributed by atoms with van der Waals surface area (Å²) in [7, 11) is 3.10. The molecule has 3 heterocycles. The van der Waals surface area contributed by atoms with Gasteiger partial charge in [0.25, 0.3) is 5.56 Å². The van der Waals surface area contributed by atoms with E-state index in [1.807, 2.05) is 85.1 Å². The van der Waals surface area contributed by atoms with Crippen LogP contribution in [0, 0.1) is 0 Å². The molecule has 0 fully saturated rings. The number of aromatic nitrogens is 2. The van der Waals surface area contributed by atoms with Crippen LogP contribution >= 0.6 is 34.5 Å². The van der Waals surface area contributed by atoms with Crippen LogP contribution in [0.25, 0.3) is 22.7 Å². The van der Waals surface area contributed by atoms with Gasteiger partial charge in [-0.05, 0) is 54.5 Å². The number of fused-ring (bicyclic) bond motifs is 2. The summed E-state index contributed by atoms with van der Waals surface area (Å²) in [6.45, 7) is 2.45. The van der Waals surface area contributed by atoms with E-state index < -0.39 is 12.0 Å². The summed E-state index contributed by atoms with van der Waals surface area (Å²) in [6, 6.07) is 27.6. The maximum absolute atomic E-state index is 14.6. The minimum atomic E-state index is -0.863. The van der Waals surface area contributed by atoms with E-state index in [1.54, 1.807) is 43.9 Å². The molecule has 0 amide bonds. The second-order valence-electron chi connectivity index (χ2n) is 11.5. The fourth-order valence-corrected chi connectivity index (χ4v) is 7.59. The van der Waals surface area contributed by atoms with Crippen LogP contribution < -0.4 is 24.4 Å². The van der Waals surface area contributed by atoms with Gasteiger partial charge in [0.2, 0.25) is 0 Å². The average molecular weight is 725 g/mol. The molecule has 50 heavy (non-hydrogen) atoms. The molecule has 0 radical (unpaired) electrons. The molecule has 0 N–H and O–H groups in total. The molecule has 0 unspecified atom stereocenters. The number of carbonyl (C=O) groups excluding carboxylic acids is 1. The minimum absolute atomic E-state index is 0.153. The summed E-state index contributed by atoms with van der Waals surface area (Å²) < 4.78 is 20.9. The Morgan fingerprint density at radius 2 is 1.68 bits per heavy atom. The molecule has 4 aromatic carbocycles. The quantitative estimate of drug-likeness (QED) is 0.147. The van der Waals surface area contributed by atoms with Crippen LogP contribution in [0.5, 0.6) is 11.5 Å². The lowest BCUT2D eigenvalue weighted by atomic mass is 9.93. The summed E-state index contributed by atoms with van der Waals surface area (Å²) in [5.41, 5.74) is 4.62. The van der Waals surface area contributed by atoms with Crippen molar-refractivity contribution in [3.63, 3.8) is 0 Å². The van der Waals surface area contributed by atoms with Crippen molar-refractivity contribution in [2.45, 2.75) is 19.5 Å². The monoisotopic (exact) mass is 723 g/mol. The third kappa shape index (κ3) is 6.13. The number of ether oxygens (including phenoxy) is 3. The predicted molar refractivity (Wildman–Crippen MR) is 198 cm³/mol. The number of carbonyl (C=O) groups is 1. The van der Waals surface area contributed by atoms with Crippen LogP contribution in [0.2, 0.25) is 10.0 Å². The topological polar surface area (TPSA) is 84.1 Å². The van der Waals surface area contributed by atoms with E-state index in [0.717, 1.165) is 27.6 Å². The van der Waals surface area contributed by atoms with Crippen molar-refractivity contribution in [1.82, 2.24) is 9.13 Å². The third-order valence-corrected chi connectivity index (χ3v) is 10.3. The molecule has 0 bridgehead atoms. The SMILES string of the molecule is CCOC(=O)C1=C(c2ccccc2)N=c2s/c(=C/c3cn(Cc4ccc(Cl)c(Cl)c4)c4ccccc34)c(=O)n2[C@H]1c1ccc(OC)c(OC)c1. The highest BCUT2D eigenvalue weighted by molar-refractivity contribution is 7.07. The standard InChI is InChI=1S/C39H31Cl2N3O5S/c1-4-49-38(46)34-35(24-10-6-5-7-11-24)42-39-44(36(34)25-15-17-31(47-2)32(19-25)48-3)37(45)33(50-39)20-26-22-43(30-13-9-8-12-27(26)30)21-23-14-16-28(40)29(41)18-23/h5-20,22,36H,4,21H2,1-3H3/b33-20+/t36-/m0/s1. The highest BCUT2D eigenvalue weighted by atomic mass is 35.5. The summed E-state index contributed by atoms with van der Waals surface area (Å²) in [4.78, 5) is 33.9. The maximum Gasteiger partial charge on any atom is 0.338 e. The van der Waals surface area contributed by atoms with Gasteiger partial charge in [-0.25, -0.2) is 9.79 Å². The van der Waals surface area contributed by atoms with Crippen molar-refractivity contribution in [3.8, 4) is 11.5 Å². The number of benzene rings is 4. The normalized spacial score (nSPS) is 14.4. The molecule has 1 atom stereocenters. The van der Waals surface area contributed by atoms with E-state index in [0.29, 0.717) is 48.7 Å². The number of para-hydroxylation sites is 1. The minimum Gasteiger partial charge on any atom is -0.493 e. The first-order valence-corrected chi connectivity index (χ1v) is 17.4. The molecule has 6 aromatic rings. The van der Waals surface area contributed by atoms with E-state index in [9.17, 15) is 9.59 Å². The van der Waals surface area contributed by atoms with Gasteiger partial charge in [0, 0.05) is 34.8 Å². The van der Waals surface area contributed by atoms with E-state index >= 15 is 0 Å². The van der Waals surface area contributed by atoms with Crippen LogP contribution in [0.15, 0.2) is 113 Å². The van der Waals surface area contributed by atoms with Gasteiger partial charge in [-0.1, -0.05) is 95.2 Å². The molecule has 0 aliphatic carbocycles. The Hall–Kier alpha value is -5.09. The van der Waals surface area contributed by atoms with E-state index in [2.05, 4.69) is 4.57 Å². The number of halogens is 2. The maximum atomic E-state index is 14.6. The van der Waals surface area contributed by atoms with Crippen molar-refractivity contribution < 1.29 is 19.0 Å². The van der Waals surface area contributed by atoms with Crippen molar-refractivity contribution in [2.24, 2.45) is 4.99 Å². The Bertz CT molecular complexity index is 2480. The van der Waals surface area contributed by atoms with Crippen LogP contribution in [0.3, 0.4) is 0 Å². The number of hydrogen-bond acceptors (Lipinski definition) is 7. The highest BCUT2D eigenvalue weighted by Gasteiger charge is 2.35. The van der Waals surface area contributed by atoms with Gasteiger partial charge in [-0.15, -0.1) is 0 Å². The van der Waals surface area contributed by atoms with Gasteiger partial charge in [0.05, 0.1) is 52.7 Å². The number of nitrogens with zero attached hydrogens (tertiary/aromatic N) is 3. The van der Waals surface area contributed by atoms with Crippen LogP contribution in [0.4, 0.5) is 0 Å². The fourth-order valence-electron chi connectivity index (χ4n) is 6.28. The Labute approximate surface area is 301 Å². The Kier molecular flexibility index (Phi) is 9.38. The molecular formula is C39H31Cl2N3O5S. The zero-order valence-electron chi connectivity index (χ0n) is 27.4. The number of esters is 1. The number of thiazole rings is 1. The zero-order valence-corrected chi connectivity index (χ0v) is 29.7. The lowest BCUT2D eigenvalue weighted by Crippen LogP contribution is -2.40. The van der Waals surface area contributed by atoms with Crippen molar-refractivity contribution in [1.29, 1.82) is 0 Å². The van der Waals surface area contributed by atoms with Crippen LogP contribution in [-0.2, 0) is 16.1 Å². The molecule has 8 nitrogen and oxygen atoms in total. The Balaban J connectivity index is 1.45. The summed E-state index contributed by atoms with van der Waals surface area (Å²) in [5.74, 6) is 0.420. The smallest absolute Gasteiger partial charge is 0.338 e. The summed E-state index contributed by atoms with van der Waals surface area (Å²) >= 11 is 13.8. The fraction of sp³-hybridized carbons (Fsp3) is 0.154. The molecule has 1 aliphatic rings. The first-order valence-electron chi connectivity index (χ1n) is 15.8. The lowest BCUT2D eigenvalue weighted by molar-refractivity contribution is -0.138. The molecule has 2 aromatic heterocycles. The first kappa shape index (κ1) is 33.4. The first-order chi connectivity index (χ1) is 24.3. The van der Waals surface area contributed by atoms with Crippen LogP contribution in [-0.4, -0.2) is 35.9 Å². The summed E-state index contributed by atoms with van der Waals surface area (Å²) in [5, 5.41) is 1.96. The molecule has 252 valence electrons. The van der Waals surface area contributed by atoms with Gasteiger partial charge >= 0.3 is 5.97 Å².